The van der Waals surface area contributed by atoms with Gasteiger partial charge >= 0.3 is 0 Å². The van der Waals surface area contributed by atoms with Gasteiger partial charge in [-0.1, -0.05) is 26.7 Å². The third kappa shape index (κ3) is 5.18. The molecule has 0 bridgehead atoms. The van der Waals surface area contributed by atoms with Crippen LogP contribution in [-0.2, 0) is 4.79 Å². The first-order valence-electron chi connectivity index (χ1n) is 6.11. The molecule has 0 aromatic carbocycles. The molecule has 0 fully saturated rings. The van der Waals surface area contributed by atoms with Gasteiger partial charge < -0.3 is 5.32 Å². The average molecular weight is 224 g/mol. The molecular weight excluding hydrogens is 200 g/mol. The Kier molecular flexibility index (Phi) is 7.66. The number of hydrogen-bond donors (Lipinski definition) is 2. The van der Waals surface area contributed by atoms with Gasteiger partial charge in [0.05, 0.1) is 12.1 Å². The van der Waals surface area contributed by atoms with Crippen LogP contribution in [0, 0.1) is 12.3 Å². The van der Waals surface area contributed by atoms with Crippen LogP contribution in [0.2, 0.25) is 0 Å². The summed E-state index contributed by atoms with van der Waals surface area (Å²) < 4.78 is 0. The fourth-order valence-corrected chi connectivity index (χ4v) is 1.48. The van der Waals surface area contributed by atoms with Crippen LogP contribution in [0.15, 0.2) is 0 Å². The fourth-order valence-electron chi connectivity index (χ4n) is 1.48. The SMILES string of the molecule is C#CC(CC)NC(C)C(=O)NC(CC)CC. The first-order chi connectivity index (χ1) is 7.58. The zero-order valence-corrected chi connectivity index (χ0v) is 10.8. The summed E-state index contributed by atoms with van der Waals surface area (Å²) in [4.78, 5) is 11.8. The zero-order chi connectivity index (χ0) is 12.6. The normalized spacial score (nSPS) is 14.2. The monoisotopic (exact) mass is 224 g/mol. The topological polar surface area (TPSA) is 41.1 Å². The van der Waals surface area contributed by atoms with Crippen molar-refractivity contribution in [1.29, 1.82) is 0 Å². The standard InChI is InChI=1S/C13H24N2O/c1-6-11(7-2)14-10(5)13(16)15-12(8-3)9-4/h1,10-12,14H,7-9H2,2-5H3,(H,15,16). The maximum atomic E-state index is 11.8. The van der Waals surface area contributed by atoms with Crippen LogP contribution in [0.3, 0.4) is 0 Å². The summed E-state index contributed by atoms with van der Waals surface area (Å²) in [5.74, 6) is 2.66. The van der Waals surface area contributed by atoms with E-state index in [1.54, 1.807) is 0 Å². The Morgan fingerprint density at radius 1 is 1.25 bits per heavy atom. The molecule has 16 heavy (non-hydrogen) atoms. The lowest BCUT2D eigenvalue weighted by atomic mass is 10.1. The highest BCUT2D eigenvalue weighted by Crippen LogP contribution is 1.98. The maximum Gasteiger partial charge on any atom is 0.237 e. The molecule has 0 saturated carbocycles. The highest BCUT2D eigenvalue weighted by Gasteiger charge is 2.17. The van der Waals surface area contributed by atoms with Crippen LogP contribution in [-0.4, -0.2) is 24.0 Å². The second kappa shape index (κ2) is 8.18. The Balaban J connectivity index is 4.13. The minimum Gasteiger partial charge on any atom is -0.352 e. The van der Waals surface area contributed by atoms with Crippen molar-refractivity contribution in [3.63, 3.8) is 0 Å². The van der Waals surface area contributed by atoms with Crippen LogP contribution in [0.1, 0.15) is 47.0 Å². The lowest BCUT2D eigenvalue weighted by molar-refractivity contribution is -0.123. The van der Waals surface area contributed by atoms with E-state index in [-0.39, 0.29) is 24.0 Å². The lowest BCUT2D eigenvalue weighted by Crippen LogP contribution is -2.48. The van der Waals surface area contributed by atoms with Gasteiger partial charge in [0.2, 0.25) is 5.91 Å². The molecule has 1 amide bonds. The van der Waals surface area contributed by atoms with E-state index >= 15 is 0 Å². The van der Waals surface area contributed by atoms with Gasteiger partial charge in [-0.05, 0) is 26.2 Å². The van der Waals surface area contributed by atoms with Crippen LogP contribution in [0.5, 0.6) is 0 Å². The molecule has 0 saturated heterocycles. The molecule has 0 spiro atoms. The van der Waals surface area contributed by atoms with Crippen molar-refractivity contribution >= 4 is 5.91 Å². The summed E-state index contributed by atoms with van der Waals surface area (Å²) in [7, 11) is 0. The molecular formula is C13H24N2O. The molecule has 3 nitrogen and oxygen atoms in total. The number of nitrogens with one attached hydrogen (secondary N) is 2. The summed E-state index contributed by atoms with van der Waals surface area (Å²) in [6, 6.07) is 0.00622. The van der Waals surface area contributed by atoms with Crippen molar-refractivity contribution < 1.29 is 4.79 Å². The molecule has 2 N–H and O–H groups in total. The van der Waals surface area contributed by atoms with E-state index < -0.39 is 0 Å². The lowest BCUT2D eigenvalue weighted by Gasteiger charge is -2.21. The number of hydrogen-bond acceptors (Lipinski definition) is 2. The Morgan fingerprint density at radius 3 is 2.19 bits per heavy atom. The van der Waals surface area contributed by atoms with Gasteiger partial charge in [0, 0.05) is 6.04 Å². The van der Waals surface area contributed by atoms with Crippen molar-refractivity contribution in [3.8, 4) is 12.3 Å². The third-order valence-corrected chi connectivity index (χ3v) is 2.79. The van der Waals surface area contributed by atoms with Crippen molar-refractivity contribution in [1.82, 2.24) is 10.6 Å². The van der Waals surface area contributed by atoms with Gasteiger partial charge in [-0.2, -0.15) is 0 Å². The first-order valence-corrected chi connectivity index (χ1v) is 6.11. The Morgan fingerprint density at radius 2 is 1.81 bits per heavy atom. The fraction of sp³-hybridized carbons (Fsp3) is 0.769. The molecule has 0 radical (unpaired) electrons. The highest BCUT2D eigenvalue weighted by atomic mass is 16.2. The molecule has 0 aliphatic rings. The molecule has 0 heterocycles. The Hall–Kier alpha value is -1.01. The predicted molar refractivity (Wildman–Crippen MR) is 68.0 cm³/mol. The Bertz CT molecular complexity index is 241. The van der Waals surface area contributed by atoms with Gasteiger partial charge in [0.1, 0.15) is 0 Å². The summed E-state index contributed by atoms with van der Waals surface area (Å²) in [6.45, 7) is 7.99. The van der Waals surface area contributed by atoms with Crippen LogP contribution in [0.4, 0.5) is 0 Å². The number of carbonyl (C=O) groups excluding carboxylic acids is 1. The van der Waals surface area contributed by atoms with E-state index in [1.807, 2.05) is 13.8 Å². The smallest absolute Gasteiger partial charge is 0.237 e. The quantitative estimate of drug-likeness (QED) is 0.646. The van der Waals surface area contributed by atoms with Gasteiger partial charge in [0.15, 0.2) is 0 Å². The molecule has 0 aromatic heterocycles. The molecule has 92 valence electrons. The molecule has 0 aliphatic heterocycles. The van der Waals surface area contributed by atoms with Crippen molar-refractivity contribution in [2.45, 2.75) is 65.1 Å². The maximum absolute atomic E-state index is 11.8. The van der Waals surface area contributed by atoms with Crippen LogP contribution >= 0.6 is 0 Å². The summed E-state index contributed by atoms with van der Waals surface area (Å²) in [5.41, 5.74) is 0. The van der Waals surface area contributed by atoms with E-state index in [0.717, 1.165) is 19.3 Å². The van der Waals surface area contributed by atoms with Crippen molar-refractivity contribution in [2.75, 3.05) is 0 Å². The molecule has 0 aliphatic carbocycles. The summed E-state index contributed by atoms with van der Waals surface area (Å²) in [6.07, 6.45) is 8.09. The largest absolute Gasteiger partial charge is 0.352 e. The van der Waals surface area contributed by atoms with Crippen LogP contribution in [0.25, 0.3) is 0 Å². The van der Waals surface area contributed by atoms with E-state index in [1.165, 1.54) is 0 Å². The average Bonchev–Trinajstić information content (AvgIpc) is 2.32. The molecule has 2 atom stereocenters. The number of amides is 1. The predicted octanol–water partition coefficient (Wildman–Crippen LogP) is 1.68. The number of carbonyl (C=O) groups is 1. The van der Waals surface area contributed by atoms with Crippen LogP contribution < -0.4 is 10.6 Å². The Labute approximate surface area is 99.4 Å². The molecule has 0 rings (SSSR count). The van der Waals surface area contributed by atoms with E-state index in [9.17, 15) is 4.79 Å². The molecule has 3 heteroatoms. The van der Waals surface area contributed by atoms with Gasteiger partial charge in [-0.3, -0.25) is 10.1 Å². The third-order valence-electron chi connectivity index (χ3n) is 2.79. The second-order valence-electron chi connectivity index (χ2n) is 4.04. The first kappa shape index (κ1) is 15.0. The minimum absolute atomic E-state index is 0.0255. The number of terminal acetylenes is 1. The number of rotatable bonds is 7. The van der Waals surface area contributed by atoms with Gasteiger partial charge in [0.25, 0.3) is 0 Å². The molecule has 0 aromatic rings. The summed E-state index contributed by atoms with van der Waals surface area (Å²) >= 11 is 0. The summed E-state index contributed by atoms with van der Waals surface area (Å²) in [5, 5.41) is 6.12. The van der Waals surface area contributed by atoms with Gasteiger partial charge in [-0.15, -0.1) is 6.42 Å². The highest BCUT2D eigenvalue weighted by molar-refractivity contribution is 5.81. The van der Waals surface area contributed by atoms with Crippen molar-refractivity contribution in [2.24, 2.45) is 0 Å². The van der Waals surface area contributed by atoms with Gasteiger partial charge in [-0.25, -0.2) is 0 Å². The van der Waals surface area contributed by atoms with Crippen molar-refractivity contribution in [3.05, 3.63) is 0 Å². The van der Waals surface area contributed by atoms with E-state index in [2.05, 4.69) is 30.4 Å². The van der Waals surface area contributed by atoms with E-state index in [0.29, 0.717) is 0 Å². The van der Waals surface area contributed by atoms with E-state index in [4.69, 9.17) is 6.42 Å². The second-order valence-corrected chi connectivity index (χ2v) is 4.04. The molecule has 2 unspecified atom stereocenters. The minimum atomic E-state index is -0.235. The zero-order valence-electron chi connectivity index (χ0n) is 10.8.